The first-order chi connectivity index (χ1) is 7.16. The van der Waals surface area contributed by atoms with Gasteiger partial charge in [-0.15, -0.1) is 0 Å². The topological polar surface area (TPSA) is 55.1 Å². The molecule has 0 aromatic heterocycles. The third kappa shape index (κ3) is 2.57. The monoisotopic (exact) mass is 226 g/mol. The van der Waals surface area contributed by atoms with E-state index in [1.807, 2.05) is 27.7 Å². The van der Waals surface area contributed by atoms with Gasteiger partial charge in [0.05, 0.1) is 5.41 Å². The molecule has 0 spiro atoms. The molecule has 2 atom stereocenters. The van der Waals surface area contributed by atoms with E-state index < -0.39 is 11.0 Å². The maximum atomic E-state index is 12.2. The molecule has 0 bridgehead atoms. The lowest BCUT2D eigenvalue weighted by molar-refractivity contribution is -0.133. The minimum absolute atomic E-state index is 0.0822. The SMILES string of the molecule is CC1CCCC1NC(=O)C(C)(C)C(C)(C)N. The van der Waals surface area contributed by atoms with Crippen LogP contribution >= 0.6 is 0 Å². The molecule has 0 aromatic rings. The zero-order chi connectivity index (χ0) is 12.6. The van der Waals surface area contributed by atoms with Crippen LogP contribution in [-0.4, -0.2) is 17.5 Å². The number of carbonyl (C=O) groups is 1. The van der Waals surface area contributed by atoms with Gasteiger partial charge in [0.1, 0.15) is 0 Å². The molecule has 0 radical (unpaired) electrons. The number of nitrogens with two attached hydrogens (primary N) is 1. The van der Waals surface area contributed by atoms with Gasteiger partial charge in [-0.05, 0) is 46.5 Å². The summed E-state index contributed by atoms with van der Waals surface area (Å²) in [5, 5.41) is 3.16. The van der Waals surface area contributed by atoms with Crippen molar-refractivity contribution in [3.8, 4) is 0 Å². The normalized spacial score (nSPS) is 26.9. The van der Waals surface area contributed by atoms with Gasteiger partial charge in [-0.1, -0.05) is 13.3 Å². The highest BCUT2D eigenvalue weighted by molar-refractivity contribution is 5.83. The maximum absolute atomic E-state index is 12.2. The Labute approximate surface area is 99.2 Å². The van der Waals surface area contributed by atoms with E-state index in [1.165, 1.54) is 12.8 Å². The van der Waals surface area contributed by atoms with Crippen molar-refractivity contribution in [2.24, 2.45) is 17.1 Å². The Hall–Kier alpha value is -0.570. The Balaban J connectivity index is 2.65. The molecule has 1 aliphatic carbocycles. The van der Waals surface area contributed by atoms with Crippen LogP contribution in [0, 0.1) is 11.3 Å². The van der Waals surface area contributed by atoms with Gasteiger partial charge in [0.2, 0.25) is 5.91 Å². The first kappa shape index (κ1) is 13.5. The Morgan fingerprint density at radius 3 is 2.19 bits per heavy atom. The quantitative estimate of drug-likeness (QED) is 0.774. The minimum atomic E-state index is -0.532. The van der Waals surface area contributed by atoms with Crippen LogP contribution in [0.15, 0.2) is 0 Å². The fourth-order valence-corrected chi connectivity index (χ4v) is 2.00. The van der Waals surface area contributed by atoms with Crippen LogP contribution in [0.2, 0.25) is 0 Å². The first-order valence-electron chi connectivity index (χ1n) is 6.26. The largest absolute Gasteiger partial charge is 0.353 e. The molecule has 1 fully saturated rings. The second kappa shape index (κ2) is 4.36. The van der Waals surface area contributed by atoms with Gasteiger partial charge in [0, 0.05) is 11.6 Å². The number of nitrogens with one attached hydrogen (secondary N) is 1. The van der Waals surface area contributed by atoms with E-state index in [2.05, 4.69) is 12.2 Å². The number of hydrogen-bond acceptors (Lipinski definition) is 2. The average Bonchev–Trinajstić information content (AvgIpc) is 2.49. The summed E-state index contributed by atoms with van der Waals surface area (Å²) in [6.45, 7) is 9.86. The molecule has 2 unspecified atom stereocenters. The van der Waals surface area contributed by atoms with Gasteiger partial charge in [-0.3, -0.25) is 4.79 Å². The molecule has 0 saturated heterocycles. The van der Waals surface area contributed by atoms with Crippen molar-refractivity contribution >= 4 is 5.91 Å². The van der Waals surface area contributed by atoms with E-state index in [9.17, 15) is 4.79 Å². The zero-order valence-corrected chi connectivity index (χ0v) is 11.3. The summed E-state index contributed by atoms with van der Waals surface area (Å²) in [5.74, 6) is 0.680. The molecule has 0 aliphatic heterocycles. The predicted octanol–water partition coefficient (Wildman–Crippen LogP) is 2.05. The molecule has 3 nitrogen and oxygen atoms in total. The summed E-state index contributed by atoms with van der Waals surface area (Å²) in [6.07, 6.45) is 3.55. The van der Waals surface area contributed by atoms with E-state index >= 15 is 0 Å². The molecule has 94 valence electrons. The van der Waals surface area contributed by atoms with Crippen molar-refractivity contribution in [2.45, 2.75) is 65.5 Å². The lowest BCUT2D eigenvalue weighted by atomic mass is 9.74. The summed E-state index contributed by atoms with van der Waals surface area (Å²) in [7, 11) is 0. The van der Waals surface area contributed by atoms with E-state index in [0.717, 1.165) is 6.42 Å². The van der Waals surface area contributed by atoms with E-state index in [0.29, 0.717) is 12.0 Å². The van der Waals surface area contributed by atoms with Crippen molar-refractivity contribution in [1.82, 2.24) is 5.32 Å². The fourth-order valence-electron chi connectivity index (χ4n) is 2.00. The maximum Gasteiger partial charge on any atom is 0.227 e. The lowest BCUT2D eigenvalue weighted by Gasteiger charge is -2.38. The van der Waals surface area contributed by atoms with Gasteiger partial charge in [0.25, 0.3) is 0 Å². The molecule has 3 N–H and O–H groups in total. The van der Waals surface area contributed by atoms with Gasteiger partial charge in [-0.2, -0.15) is 0 Å². The number of hydrogen-bond donors (Lipinski definition) is 2. The van der Waals surface area contributed by atoms with Crippen molar-refractivity contribution in [3.05, 3.63) is 0 Å². The Kier molecular flexibility index (Phi) is 3.68. The summed E-state index contributed by atoms with van der Waals surface area (Å²) >= 11 is 0. The van der Waals surface area contributed by atoms with Gasteiger partial charge < -0.3 is 11.1 Å². The highest BCUT2D eigenvalue weighted by Crippen LogP contribution is 2.31. The average molecular weight is 226 g/mol. The molecule has 0 heterocycles. The van der Waals surface area contributed by atoms with Crippen LogP contribution in [0.4, 0.5) is 0 Å². The lowest BCUT2D eigenvalue weighted by Crippen LogP contribution is -2.57. The summed E-state index contributed by atoms with van der Waals surface area (Å²) in [6, 6.07) is 0.342. The number of carbonyl (C=O) groups excluding carboxylic acids is 1. The van der Waals surface area contributed by atoms with Crippen molar-refractivity contribution < 1.29 is 4.79 Å². The zero-order valence-electron chi connectivity index (χ0n) is 11.3. The van der Waals surface area contributed by atoms with E-state index in [4.69, 9.17) is 5.73 Å². The predicted molar refractivity (Wildman–Crippen MR) is 67.0 cm³/mol. The Morgan fingerprint density at radius 2 is 1.81 bits per heavy atom. The number of rotatable bonds is 3. The Bertz CT molecular complexity index is 266. The number of amides is 1. The van der Waals surface area contributed by atoms with Crippen molar-refractivity contribution in [3.63, 3.8) is 0 Å². The second-order valence-electron chi connectivity index (χ2n) is 6.33. The van der Waals surface area contributed by atoms with Crippen molar-refractivity contribution in [1.29, 1.82) is 0 Å². The molecule has 16 heavy (non-hydrogen) atoms. The minimum Gasteiger partial charge on any atom is -0.353 e. The van der Waals surface area contributed by atoms with Gasteiger partial charge >= 0.3 is 0 Å². The summed E-state index contributed by atoms with van der Waals surface area (Å²) in [5.41, 5.74) is 5.03. The molecule has 1 aliphatic rings. The molecular formula is C13H26N2O. The summed E-state index contributed by atoms with van der Waals surface area (Å²) in [4.78, 5) is 12.2. The first-order valence-corrected chi connectivity index (χ1v) is 6.26. The highest BCUT2D eigenvalue weighted by atomic mass is 16.2. The van der Waals surface area contributed by atoms with Crippen LogP contribution in [0.3, 0.4) is 0 Å². The van der Waals surface area contributed by atoms with E-state index in [-0.39, 0.29) is 5.91 Å². The van der Waals surface area contributed by atoms with Crippen LogP contribution in [0.5, 0.6) is 0 Å². The second-order valence-corrected chi connectivity index (χ2v) is 6.33. The standard InChI is InChI=1S/C13H26N2O/c1-9-7-6-8-10(9)15-11(16)12(2,3)13(4,5)14/h9-10H,6-8,14H2,1-5H3,(H,15,16). The van der Waals surface area contributed by atoms with Gasteiger partial charge in [0.15, 0.2) is 0 Å². The molecule has 1 rings (SSSR count). The third-order valence-corrected chi connectivity index (χ3v) is 4.36. The molecule has 0 aromatic carbocycles. The smallest absolute Gasteiger partial charge is 0.227 e. The van der Waals surface area contributed by atoms with E-state index in [1.54, 1.807) is 0 Å². The molecular weight excluding hydrogens is 200 g/mol. The van der Waals surface area contributed by atoms with Crippen LogP contribution in [0.25, 0.3) is 0 Å². The third-order valence-electron chi connectivity index (χ3n) is 4.36. The van der Waals surface area contributed by atoms with Gasteiger partial charge in [-0.25, -0.2) is 0 Å². The Morgan fingerprint density at radius 1 is 1.25 bits per heavy atom. The molecule has 1 amide bonds. The molecule has 3 heteroatoms. The van der Waals surface area contributed by atoms with Crippen LogP contribution in [0.1, 0.15) is 53.9 Å². The van der Waals surface area contributed by atoms with Crippen LogP contribution in [-0.2, 0) is 4.79 Å². The molecule has 1 saturated carbocycles. The van der Waals surface area contributed by atoms with Crippen molar-refractivity contribution in [2.75, 3.05) is 0 Å². The fraction of sp³-hybridized carbons (Fsp3) is 0.923. The highest BCUT2D eigenvalue weighted by Gasteiger charge is 2.41. The van der Waals surface area contributed by atoms with Crippen LogP contribution < -0.4 is 11.1 Å². The summed E-state index contributed by atoms with van der Waals surface area (Å²) < 4.78 is 0.